The Bertz CT molecular complexity index is 312. The van der Waals surface area contributed by atoms with E-state index in [1.54, 1.807) is 0 Å². The lowest BCUT2D eigenvalue weighted by Gasteiger charge is -2.25. The molecular weight excluding hydrogens is 200 g/mol. The summed E-state index contributed by atoms with van der Waals surface area (Å²) >= 11 is 0. The first-order valence-corrected chi connectivity index (χ1v) is 5.88. The summed E-state index contributed by atoms with van der Waals surface area (Å²) in [5, 5.41) is 0. The van der Waals surface area contributed by atoms with E-state index in [4.69, 9.17) is 5.73 Å². The molecule has 0 bridgehead atoms. The number of anilines is 1. The summed E-state index contributed by atoms with van der Waals surface area (Å²) < 4.78 is 0. The molecule has 90 valence electrons. The van der Waals surface area contributed by atoms with Crippen molar-refractivity contribution in [1.82, 2.24) is 9.97 Å². The van der Waals surface area contributed by atoms with Crippen LogP contribution in [0.4, 0.5) is 5.82 Å². The van der Waals surface area contributed by atoms with Gasteiger partial charge < -0.3 is 10.6 Å². The van der Waals surface area contributed by atoms with Crippen LogP contribution in [0.1, 0.15) is 26.1 Å². The van der Waals surface area contributed by atoms with Gasteiger partial charge in [-0.05, 0) is 31.9 Å². The molecule has 0 aliphatic carbocycles. The maximum atomic E-state index is 5.56. The van der Waals surface area contributed by atoms with Crippen molar-refractivity contribution in [2.45, 2.75) is 27.2 Å². The molecule has 16 heavy (non-hydrogen) atoms. The third-order valence-corrected chi connectivity index (χ3v) is 2.30. The van der Waals surface area contributed by atoms with E-state index >= 15 is 0 Å². The Hall–Kier alpha value is -1.16. The second kappa shape index (κ2) is 6.43. The van der Waals surface area contributed by atoms with E-state index in [1.807, 2.05) is 19.2 Å². The van der Waals surface area contributed by atoms with Crippen LogP contribution in [-0.2, 0) is 0 Å². The molecule has 0 fully saturated rings. The van der Waals surface area contributed by atoms with Crippen LogP contribution in [0.2, 0.25) is 0 Å². The third-order valence-electron chi connectivity index (χ3n) is 2.30. The fourth-order valence-corrected chi connectivity index (χ4v) is 1.64. The van der Waals surface area contributed by atoms with Gasteiger partial charge in [-0.15, -0.1) is 0 Å². The van der Waals surface area contributed by atoms with Gasteiger partial charge in [-0.2, -0.15) is 0 Å². The van der Waals surface area contributed by atoms with E-state index in [-0.39, 0.29) is 0 Å². The Morgan fingerprint density at radius 2 is 2.19 bits per heavy atom. The van der Waals surface area contributed by atoms with Crippen molar-refractivity contribution in [3.8, 4) is 0 Å². The van der Waals surface area contributed by atoms with Crippen molar-refractivity contribution in [1.29, 1.82) is 0 Å². The predicted octanol–water partition coefficient (Wildman–Crippen LogP) is 1.60. The maximum Gasteiger partial charge on any atom is 0.132 e. The summed E-state index contributed by atoms with van der Waals surface area (Å²) in [6, 6.07) is 1.96. The smallest absolute Gasteiger partial charge is 0.132 e. The average molecular weight is 222 g/mol. The topological polar surface area (TPSA) is 55.0 Å². The Kier molecular flexibility index (Phi) is 5.19. The monoisotopic (exact) mass is 222 g/mol. The van der Waals surface area contributed by atoms with Crippen LogP contribution >= 0.6 is 0 Å². The van der Waals surface area contributed by atoms with Gasteiger partial charge in [0.25, 0.3) is 0 Å². The molecule has 1 aromatic rings. The maximum absolute atomic E-state index is 5.56. The van der Waals surface area contributed by atoms with Crippen molar-refractivity contribution < 1.29 is 0 Å². The second-order valence-electron chi connectivity index (χ2n) is 4.44. The largest absolute Gasteiger partial charge is 0.356 e. The van der Waals surface area contributed by atoms with Crippen LogP contribution < -0.4 is 10.6 Å². The molecule has 0 spiro atoms. The second-order valence-corrected chi connectivity index (χ2v) is 4.44. The Balaban J connectivity index is 2.74. The van der Waals surface area contributed by atoms with E-state index in [0.29, 0.717) is 5.92 Å². The molecule has 2 N–H and O–H groups in total. The minimum absolute atomic E-state index is 0.619. The quantitative estimate of drug-likeness (QED) is 0.794. The molecule has 0 aliphatic rings. The average Bonchev–Trinajstić information content (AvgIpc) is 2.23. The fraction of sp³-hybridized carbons (Fsp3) is 0.667. The molecule has 0 radical (unpaired) electrons. The van der Waals surface area contributed by atoms with Gasteiger partial charge in [0.05, 0.1) is 0 Å². The van der Waals surface area contributed by atoms with Crippen LogP contribution in [0.5, 0.6) is 0 Å². The lowest BCUT2D eigenvalue weighted by Crippen LogP contribution is -2.30. The number of nitrogens with two attached hydrogens (primary N) is 1. The lowest BCUT2D eigenvalue weighted by atomic mass is 10.2. The van der Waals surface area contributed by atoms with E-state index in [0.717, 1.165) is 37.7 Å². The number of nitrogens with zero attached hydrogens (tertiary/aromatic N) is 3. The van der Waals surface area contributed by atoms with Crippen LogP contribution in [0, 0.1) is 12.8 Å². The molecule has 0 unspecified atom stereocenters. The van der Waals surface area contributed by atoms with Gasteiger partial charge in [0.1, 0.15) is 11.6 Å². The highest BCUT2D eigenvalue weighted by molar-refractivity contribution is 5.37. The number of hydrogen-bond acceptors (Lipinski definition) is 4. The summed E-state index contributed by atoms with van der Waals surface area (Å²) in [6.45, 7) is 9.03. The zero-order valence-corrected chi connectivity index (χ0v) is 10.5. The number of aromatic nitrogens is 2. The van der Waals surface area contributed by atoms with Crippen LogP contribution in [0.15, 0.2) is 12.3 Å². The van der Waals surface area contributed by atoms with Gasteiger partial charge in [-0.25, -0.2) is 9.97 Å². The van der Waals surface area contributed by atoms with Crippen molar-refractivity contribution in [3.63, 3.8) is 0 Å². The molecule has 0 atom stereocenters. The van der Waals surface area contributed by atoms with Crippen molar-refractivity contribution in [2.24, 2.45) is 11.7 Å². The molecule has 4 nitrogen and oxygen atoms in total. The molecule has 4 heteroatoms. The van der Waals surface area contributed by atoms with Crippen molar-refractivity contribution >= 4 is 5.82 Å². The van der Waals surface area contributed by atoms with E-state index in [9.17, 15) is 0 Å². The highest BCUT2D eigenvalue weighted by Crippen LogP contribution is 2.12. The molecular formula is C12H22N4. The third kappa shape index (κ3) is 4.14. The normalized spacial score (nSPS) is 10.8. The predicted molar refractivity (Wildman–Crippen MR) is 67.5 cm³/mol. The van der Waals surface area contributed by atoms with Crippen LogP contribution in [-0.4, -0.2) is 29.6 Å². The fourth-order valence-electron chi connectivity index (χ4n) is 1.64. The minimum Gasteiger partial charge on any atom is -0.356 e. The first-order valence-electron chi connectivity index (χ1n) is 5.88. The molecule has 1 rings (SSSR count). The Morgan fingerprint density at radius 3 is 2.75 bits per heavy atom. The molecule has 1 aromatic heterocycles. The van der Waals surface area contributed by atoms with Crippen LogP contribution in [0.3, 0.4) is 0 Å². The van der Waals surface area contributed by atoms with E-state index < -0.39 is 0 Å². The number of rotatable bonds is 6. The first kappa shape index (κ1) is 12.9. The zero-order chi connectivity index (χ0) is 12.0. The first-order chi connectivity index (χ1) is 7.63. The lowest BCUT2D eigenvalue weighted by molar-refractivity contribution is 0.595. The van der Waals surface area contributed by atoms with Crippen LogP contribution in [0.25, 0.3) is 0 Å². The van der Waals surface area contributed by atoms with Crippen molar-refractivity contribution in [3.05, 3.63) is 18.1 Å². The van der Waals surface area contributed by atoms with Gasteiger partial charge in [0, 0.05) is 19.3 Å². The molecule has 0 amide bonds. The SMILES string of the molecule is Cc1nccc(N(CCCN)CC(C)C)n1. The number of hydrogen-bond donors (Lipinski definition) is 1. The molecule has 0 aromatic carbocycles. The van der Waals surface area contributed by atoms with Gasteiger partial charge in [0.2, 0.25) is 0 Å². The van der Waals surface area contributed by atoms with Crippen molar-refractivity contribution in [2.75, 3.05) is 24.5 Å². The van der Waals surface area contributed by atoms with Gasteiger partial charge >= 0.3 is 0 Å². The number of aryl methyl sites for hydroxylation is 1. The van der Waals surface area contributed by atoms with E-state index in [2.05, 4.69) is 28.7 Å². The summed E-state index contributed by atoms with van der Waals surface area (Å²) in [6.07, 6.45) is 2.81. The highest BCUT2D eigenvalue weighted by Gasteiger charge is 2.09. The summed E-state index contributed by atoms with van der Waals surface area (Å²) in [5.41, 5.74) is 5.56. The molecule has 0 saturated heterocycles. The van der Waals surface area contributed by atoms with Gasteiger partial charge in [-0.1, -0.05) is 13.8 Å². The summed E-state index contributed by atoms with van der Waals surface area (Å²) in [5.74, 6) is 2.45. The minimum atomic E-state index is 0.619. The Labute approximate surface area is 97.9 Å². The summed E-state index contributed by atoms with van der Waals surface area (Å²) in [4.78, 5) is 10.9. The summed E-state index contributed by atoms with van der Waals surface area (Å²) in [7, 11) is 0. The zero-order valence-electron chi connectivity index (χ0n) is 10.5. The molecule has 0 aliphatic heterocycles. The Morgan fingerprint density at radius 1 is 1.44 bits per heavy atom. The van der Waals surface area contributed by atoms with E-state index in [1.165, 1.54) is 0 Å². The highest BCUT2D eigenvalue weighted by atomic mass is 15.2. The molecule has 1 heterocycles. The standard InChI is InChI=1S/C12H22N4/c1-10(2)9-16(8-4-6-13)12-5-7-14-11(3)15-12/h5,7,10H,4,6,8-9,13H2,1-3H3. The molecule has 0 saturated carbocycles. The van der Waals surface area contributed by atoms with Gasteiger partial charge in [0.15, 0.2) is 0 Å². The van der Waals surface area contributed by atoms with Gasteiger partial charge in [-0.3, -0.25) is 0 Å².